The van der Waals surface area contributed by atoms with Crippen LogP contribution in [0.2, 0.25) is 0 Å². The monoisotopic (exact) mass is 297 g/mol. The second-order valence-corrected chi connectivity index (χ2v) is 6.42. The Bertz CT molecular complexity index is 426. The summed E-state index contributed by atoms with van der Waals surface area (Å²) < 4.78 is 0. The molecule has 2 heterocycles. The molecule has 1 aliphatic rings. The maximum Gasteiger partial charge on any atom is 0.404 e. The Morgan fingerprint density at radius 2 is 2.20 bits per heavy atom. The van der Waals surface area contributed by atoms with E-state index in [1.54, 1.807) is 0 Å². The van der Waals surface area contributed by atoms with E-state index in [0.29, 0.717) is 6.54 Å². The van der Waals surface area contributed by atoms with Gasteiger partial charge < -0.3 is 15.3 Å². The first-order chi connectivity index (χ1) is 9.54. The number of likely N-dealkylation sites (tertiary alicyclic amines) is 1. The molecule has 5 nitrogen and oxygen atoms in total. The van der Waals surface area contributed by atoms with Crippen molar-refractivity contribution in [2.45, 2.75) is 18.4 Å². The average Bonchev–Trinajstić information content (AvgIpc) is 2.93. The Kier molecular flexibility index (Phi) is 5.01. The number of thiophene rings is 1. The van der Waals surface area contributed by atoms with Gasteiger partial charge in [0.2, 0.25) is 0 Å². The lowest BCUT2D eigenvalue weighted by Gasteiger charge is -2.45. The average molecular weight is 297 g/mol. The molecule has 0 spiro atoms. The number of amides is 1. The zero-order valence-corrected chi connectivity index (χ0v) is 12.9. The third-order valence-corrected chi connectivity index (χ3v) is 5.29. The molecule has 0 aliphatic carbocycles. The van der Waals surface area contributed by atoms with Crippen molar-refractivity contribution in [2.24, 2.45) is 0 Å². The normalized spacial score (nSPS) is 19.1. The predicted octanol–water partition coefficient (Wildman–Crippen LogP) is 1.87. The molecular weight excluding hydrogens is 274 g/mol. The summed E-state index contributed by atoms with van der Waals surface area (Å²) in [6, 6.07) is 4.35. The number of carbonyl (C=O) groups is 1. The van der Waals surface area contributed by atoms with E-state index in [0.717, 1.165) is 32.5 Å². The number of piperidine rings is 1. The fourth-order valence-electron chi connectivity index (χ4n) is 2.92. The molecule has 1 saturated heterocycles. The fraction of sp³-hybridized carbons (Fsp3) is 0.643. The van der Waals surface area contributed by atoms with Crippen molar-refractivity contribution in [3.8, 4) is 0 Å². The smallest absolute Gasteiger partial charge is 0.404 e. The highest BCUT2D eigenvalue weighted by Crippen LogP contribution is 2.39. The highest BCUT2D eigenvalue weighted by molar-refractivity contribution is 7.10. The molecule has 20 heavy (non-hydrogen) atoms. The molecule has 1 amide bonds. The Morgan fingerprint density at radius 1 is 1.50 bits per heavy atom. The topological polar surface area (TPSA) is 55.8 Å². The van der Waals surface area contributed by atoms with Gasteiger partial charge in [-0.05, 0) is 38.4 Å². The van der Waals surface area contributed by atoms with Crippen LogP contribution in [0.25, 0.3) is 0 Å². The molecule has 6 heteroatoms. The van der Waals surface area contributed by atoms with Crippen molar-refractivity contribution in [3.05, 3.63) is 22.4 Å². The van der Waals surface area contributed by atoms with E-state index in [2.05, 4.69) is 46.7 Å². The molecule has 112 valence electrons. The summed E-state index contributed by atoms with van der Waals surface area (Å²) in [5, 5.41) is 13.2. The SMILES string of the molecule is CN(C)C1(c2cccs2)CCN(CCNC(=O)O)CC1. The van der Waals surface area contributed by atoms with Crippen LogP contribution in [0.5, 0.6) is 0 Å². The van der Waals surface area contributed by atoms with Gasteiger partial charge in [0.05, 0.1) is 5.54 Å². The molecule has 0 radical (unpaired) electrons. The van der Waals surface area contributed by atoms with Gasteiger partial charge in [-0.1, -0.05) is 6.07 Å². The van der Waals surface area contributed by atoms with Gasteiger partial charge in [-0.15, -0.1) is 11.3 Å². The van der Waals surface area contributed by atoms with Crippen molar-refractivity contribution in [2.75, 3.05) is 40.3 Å². The van der Waals surface area contributed by atoms with Gasteiger partial charge in [0.25, 0.3) is 0 Å². The Morgan fingerprint density at radius 3 is 2.70 bits per heavy atom. The maximum absolute atomic E-state index is 10.5. The summed E-state index contributed by atoms with van der Waals surface area (Å²) in [5.41, 5.74) is 0.144. The quantitative estimate of drug-likeness (QED) is 0.871. The number of nitrogens with one attached hydrogen (secondary N) is 1. The van der Waals surface area contributed by atoms with E-state index in [9.17, 15) is 4.79 Å². The van der Waals surface area contributed by atoms with Gasteiger partial charge in [-0.2, -0.15) is 0 Å². The molecule has 0 aromatic carbocycles. The van der Waals surface area contributed by atoms with Gasteiger partial charge in [0, 0.05) is 31.1 Å². The van der Waals surface area contributed by atoms with Crippen LogP contribution in [-0.2, 0) is 5.54 Å². The van der Waals surface area contributed by atoms with E-state index in [1.807, 2.05) is 11.3 Å². The third-order valence-electron chi connectivity index (χ3n) is 4.22. The van der Waals surface area contributed by atoms with Gasteiger partial charge >= 0.3 is 6.09 Å². The summed E-state index contributed by atoms with van der Waals surface area (Å²) in [6.07, 6.45) is 1.24. The van der Waals surface area contributed by atoms with Crippen molar-refractivity contribution in [1.82, 2.24) is 15.1 Å². The molecule has 0 atom stereocenters. The van der Waals surface area contributed by atoms with Crippen LogP contribution in [-0.4, -0.2) is 61.3 Å². The standard InChI is InChI=1S/C14H23N3O2S/c1-16(2)14(12-4-3-11-20-12)5-8-17(9-6-14)10-7-15-13(18)19/h3-4,11,15H,5-10H2,1-2H3,(H,18,19). The fourth-order valence-corrected chi connectivity index (χ4v) is 3.99. The number of hydrogen-bond acceptors (Lipinski definition) is 4. The summed E-state index contributed by atoms with van der Waals surface area (Å²) in [7, 11) is 4.31. The van der Waals surface area contributed by atoms with Crippen molar-refractivity contribution in [3.63, 3.8) is 0 Å². The van der Waals surface area contributed by atoms with E-state index in [1.165, 1.54) is 4.88 Å². The third kappa shape index (κ3) is 3.31. The van der Waals surface area contributed by atoms with Crippen LogP contribution in [0, 0.1) is 0 Å². The molecule has 0 unspecified atom stereocenters. The minimum Gasteiger partial charge on any atom is -0.465 e. The van der Waals surface area contributed by atoms with E-state index >= 15 is 0 Å². The lowest BCUT2D eigenvalue weighted by Crippen LogP contribution is -2.51. The van der Waals surface area contributed by atoms with E-state index in [4.69, 9.17) is 5.11 Å². The predicted molar refractivity (Wildman–Crippen MR) is 81.4 cm³/mol. The second kappa shape index (κ2) is 6.56. The Balaban J connectivity index is 1.92. The molecular formula is C14H23N3O2S. The van der Waals surface area contributed by atoms with Crippen LogP contribution in [0.4, 0.5) is 4.79 Å². The maximum atomic E-state index is 10.5. The van der Waals surface area contributed by atoms with Gasteiger partial charge in [-0.25, -0.2) is 4.79 Å². The number of hydrogen-bond donors (Lipinski definition) is 2. The second-order valence-electron chi connectivity index (χ2n) is 5.48. The molecule has 1 aliphatic heterocycles. The summed E-state index contributed by atoms with van der Waals surface area (Å²) in [4.78, 5) is 16.6. The summed E-state index contributed by atoms with van der Waals surface area (Å²) in [5.74, 6) is 0. The first kappa shape index (κ1) is 15.3. The summed E-state index contributed by atoms with van der Waals surface area (Å²) >= 11 is 1.83. The number of rotatable bonds is 5. The van der Waals surface area contributed by atoms with Gasteiger partial charge in [0.1, 0.15) is 0 Å². The van der Waals surface area contributed by atoms with Crippen LogP contribution in [0.1, 0.15) is 17.7 Å². The molecule has 2 N–H and O–H groups in total. The molecule has 0 saturated carbocycles. The lowest BCUT2D eigenvalue weighted by atomic mass is 9.84. The van der Waals surface area contributed by atoms with Crippen LogP contribution in [0.3, 0.4) is 0 Å². The van der Waals surface area contributed by atoms with Gasteiger partial charge in [-0.3, -0.25) is 4.90 Å². The summed E-state index contributed by atoms with van der Waals surface area (Å²) in [6.45, 7) is 3.32. The van der Waals surface area contributed by atoms with E-state index < -0.39 is 6.09 Å². The molecule has 1 fully saturated rings. The van der Waals surface area contributed by atoms with E-state index in [-0.39, 0.29) is 5.54 Å². The number of carboxylic acid groups (broad SMARTS) is 1. The molecule has 2 rings (SSSR count). The lowest BCUT2D eigenvalue weighted by molar-refractivity contribution is 0.0571. The van der Waals surface area contributed by atoms with Crippen molar-refractivity contribution < 1.29 is 9.90 Å². The van der Waals surface area contributed by atoms with Crippen LogP contribution in [0.15, 0.2) is 17.5 Å². The minimum absolute atomic E-state index is 0.144. The Hall–Kier alpha value is -1.11. The molecule has 0 bridgehead atoms. The molecule has 1 aromatic rings. The Labute approximate surface area is 124 Å². The first-order valence-corrected chi connectivity index (χ1v) is 7.83. The highest BCUT2D eigenvalue weighted by atomic mass is 32.1. The zero-order chi connectivity index (χ0) is 14.6. The largest absolute Gasteiger partial charge is 0.465 e. The van der Waals surface area contributed by atoms with Crippen molar-refractivity contribution >= 4 is 17.4 Å². The van der Waals surface area contributed by atoms with Crippen LogP contribution >= 0.6 is 11.3 Å². The van der Waals surface area contributed by atoms with Gasteiger partial charge in [0.15, 0.2) is 0 Å². The van der Waals surface area contributed by atoms with Crippen LogP contribution < -0.4 is 5.32 Å². The first-order valence-electron chi connectivity index (χ1n) is 6.95. The number of nitrogens with zero attached hydrogens (tertiary/aromatic N) is 2. The minimum atomic E-state index is -0.941. The molecule has 1 aromatic heterocycles. The highest BCUT2D eigenvalue weighted by Gasteiger charge is 2.38. The zero-order valence-electron chi connectivity index (χ0n) is 12.1. The van der Waals surface area contributed by atoms with Crippen molar-refractivity contribution in [1.29, 1.82) is 0 Å².